The molecule has 0 saturated carbocycles. The first-order valence-corrected chi connectivity index (χ1v) is 3.84. The van der Waals surface area contributed by atoms with E-state index in [4.69, 9.17) is 9.52 Å². The summed E-state index contributed by atoms with van der Waals surface area (Å²) in [5.41, 5.74) is -0.404. The summed E-state index contributed by atoms with van der Waals surface area (Å²) < 4.78 is 5.07. The highest BCUT2D eigenvalue weighted by Crippen LogP contribution is 2.19. The highest BCUT2D eigenvalue weighted by atomic mass is 16.4. The lowest BCUT2D eigenvalue weighted by Gasteiger charge is -1.84. The van der Waals surface area contributed by atoms with Gasteiger partial charge in [0.05, 0.1) is 6.33 Å². The van der Waals surface area contributed by atoms with Gasteiger partial charge in [0.15, 0.2) is 5.56 Å². The van der Waals surface area contributed by atoms with Gasteiger partial charge in [-0.2, -0.15) is 0 Å². The Morgan fingerprint density at radius 2 is 2.36 bits per heavy atom. The molecule has 0 aromatic carbocycles. The zero-order chi connectivity index (χ0) is 10.3. The fraction of sp³-hybridized carbons (Fsp3) is 0.125. The van der Waals surface area contributed by atoms with Gasteiger partial charge < -0.3 is 14.5 Å². The Morgan fingerprint density at radius 1 is 1.64 bits per heavy atom. The summed E-state index contributed by atoms with van der Waals surface area (Å²) in [7, 11) is 0. The Bertz CT molecular complexity index is 566. The molecule has 2 heterocycles. The Hall–Kier alpha value is -2.11. The van der Waals surface area contributed by atoms with Crippen molar-refractivity contribution in [3.63, 3.8) is 0 Å². The number of aromatic nitrogens is 2. The summed E-state index contributed by atoms with van der Waals surface area (Å²) in [6.45, 7) is 1.52. The fourth-order valence-electron chi connectivity index (χ4n) is 1.33. The molecule has 0 spiro atoms. The first-order chi connectivity index (χ1) is 6.61. The van der Waals surface area contributed by atoms with Crippen molar-refractivity contribution in [1.29, 1.82) is 0 Å². The molecule has 0 unspecified atom stereocenters. The van der Waals surface area contributed by atoms with Crippen molar-refractivity contribution >= 4 is 17.1 Å². The number of carbonyl (C=O) groups is 1. The van der Waals surface area contributed by atoms with E-state index in [1.54, 1.807) is 0 Å². The summed E-state index contributed by atoms with van der Waals surface area (Å²) in [5, 5.41) is 7.02. The Morgan fingerprint density at radius 3 is 3.00 bits per heavy atom. The Kier molecular flexibility index (Phi) is 1.63. The van der Waals surface area contributed by atoms with E-state index in [0.29, 0.717) is 0 Å². The largest absolute Gasteiger partial charge is 0.561 e. The predicted octanol–water partition coefficient (Wildman–Crippen LogP) is -0.311. The number of fused-ring (bicyclic) bond motifs is 1. The standard InChI is InChI=1S/C8H6N2O4/c1-3-4(8(12)13)5-6(11)9-2-10-7(5)14-3/h2H,1H3,(H,12,13)(H,9,10,11)/p+1. The quantitative estimate of drug-likeness (QED) is 0.631. The third-order valence-electron chi connectivity index (χ3n) is 1.90. The zero-order valence-electron chi connectivity index (χ0n) is 7.25. The number of rotatable bonds is 1. The molecule has 0 atom stereocenters. The van der Waals surface area contributed by atoms with Gasteiger partial charge in [0.2, 0.25) is 5.71 Å². The smallest absolute Gasteiger partial charge is 0.553 e. The molecule has 2 aromatic rings. The maximum atomic E-state index is 11.3. The molecule has 0 aliphatic rings. The van der Waals surface area contributed by atoms with Gasteiger partial charge in [-0.15, -0.1) is 0 Å². The number of nitrogens with zero attached hydrogens (tertiary/aromatic N) is 1. The highest BCUT2D eigenvalue weighted by Gasteiger charge is 2.26. The van der Waals surface area contributed by atoms with E-state index in [2.05, 4.69) is 9.97 Å². The molecule has 2 aromatic heterocycles. The van der Waals surface area contributed by atoms with Gasteiger partial charge in [-0.3, -0.25) is 4.79 Å². The average molecular weight is 195 g/mol. The van der Waals surface area contributed by atoms with E-state index in [1.165, 1.54) is 13.3 Å². The minimum Gasteiger partial charge on any atom is -0.561 e. The van der Waals surface area contributed by atoms with Crippen molar-refractivity contribution in [1.82, 2.24) is 9.97 Å². The summed E-state index contributed by atoms with van der Waals surface area (Å²) in [5.74, 6) is -0.705. The third kappa shape index (κ3) is 1.00. The van der Waals surface area contributed by atoms with Crippen LogP contribution in [0.1, 0.15) is 16.1 Å². The first-order valence-electron chi connectivity index (χ1n) is 3.84. The van der Waals surface area contributed by atoms with Crippen LogP contribution in [0.5, 0.6) is 0 Å². The molecule has 0 aliphatic carbocycles. The van der Waals surface area contributed by atoms with Gasteiger partial charge >= 0.3 is 5.97 Å². The molecule has 2 rings (SSSR count). The second-order valence-corrected chi connectivity index (χ2v) is 2.77. The van der Waals surface area contributed by atoms with Crippen LogP contribution in [0.4, 0.5) is 0 Å². The number of carbonyl (C=O) groups excluding carboxylic acids is 1. The number of furan rings is 1. The van der Waals surface area contributed by atoms with Crippen molar-refractivity contribution in [2.45, 2.75) is 6.92 Å². The minimum absolute atomic E-state index is 0.0191. The Balaban J connectivity index is 3.01. The van der Waals surface area contributed by atoms with Gasteiger partial charge in [0.1, 0.15) is 11.1 Å². The van der Waals surface area contributed by atoms with Crippen LogP contribution in [0.15, 0.2) is 15.5 Å². The van der Waals surface area contributed by atoms with Crippen molar-refractivity contribution in [2.75, 3.05) is 0 Å². The number of aryl methyl sites for hydroxylation is 1. The summed E-state index contributed by atoms with van der Waals surface area (Å²) in [6.07, 6.45) is 1.19. The molecule has 0 radical (unpaired) electrons. The van der Waals surface area contributed by atoms with Crippen LogP contribution in [0.25, 0.3) is 11.1 Å². The molecule has 6 nitrogen and oxygen atoms in total. The van der Waals surface area contributed by atoms with E-state index in [-0.39, 0.29) is 22.4 Å². The topological polar surface area (TPSA) is 98.9 Å². The van der Waals surface area contributed by atoms with Crippen LogP contribution in [0.2, 0.25) is 0 Å². The van der Waals surface area contributed by atoms with Crippen LogP contribution in [0, 0.1) is 6.92 Å². The number of nitrogens with one attached hydrogen (secondary N) is 1. The predicted molar refractivity (Wildman–Crippen MR) is 47.3 cm³/mol. The molecule has 0 aliphatic heterocycles. The van der Waals surface area contributed by atoms with Crippen LogP contribution in [-0.4, -0.2) is 21.0 Å². The van der Waals surface area contributed by atoms with Gasteiger partial charge in [-0.25, -0.2) is 4.98 Å². The number of hydrogen-bond donors (Lipinski definition) is 1. The lowest BCUT2D eigenvalue weighted by molar-refractivity contribution is 0.0697. The zero-order valence-corrected chi connectivity index (χ0v) is 7.25. The maximum absolute atomic E-state index is 11.3. The van der Waals surface area contributed by atoms with Crippen molar-refractivity contribution in [3.05, 3.63) is 28.0 Å². The minimum atomic E-state index is -0.945. The lowest BCUT2D eigenvalue weighted by Crippen LogP contribution is -2.09. The number of aromatic amines is 1. The summed E-state index contributed by atoms with van der Waals surface area (Å²) >= 11 is 0. The fourth-order valence-corrected chi connectivity index (χ4v) is 1.33. The van der Waals surface area contributed by atoms with Crippen LogP contribution >= 0.6 is 0 Å². The second-order valence-electron chi connectivity index (χ2n) is 2.77. The van der Waals surface area contributed by atoms with Gasteiger partial charge in [0.25, 0.3) is 5.56 Å². The van der Waals surface area contributed by atoms with Crippen LogP contribution < -0.4 is 5.56 Å². The first kappa shape index (κ1) is 8.49. The Labute approximate surface area is 77.2 Å². The molecule has 3 N–H and O–H groups in total. The molecule has 6 heteroatoms. The van der Waals surface area contributed by atoms with Gasteiger partial charge in [-0.1, -0.05) is 0 Å². The van der Waals surface area contributed by atoms with E-state index < -0.39 is 11.5 Å². The van der Waals surface area contributed by atoms with Crippen molar-refractivity contribution < 1.29 is 14.3 Å². The van der Waals surface area contributed by atoms with Gasteiger partial charge in [0, 0.05) is 4.79 Å². The second kappa shape index (κ2) is 2.69. The third-order valence-corrected chi connectivity index (χ3v) is 1.90. The van der Waals surface area contributed by atoms with E-state index in [1.807, 2.05) is 0 Å². The summed E-state index contributed by atoms with van der Waals surface area (Å²) in [4.78, 5) is 28.3. The van der Waals surface area contributed by atoms with Crippen molar-refractivity contribution in [2.24, 2.45) is 0 Å². The number of H-pyrrole nitrogens is 1. The molecular formula is C8H7N2O4+. The van der Waals surface area contributed by atoms with E-state index in [9.17, 15) is 9.59 Å². The SMILES string of the molecule is Cc1oc2nc[nH]c(=O)c2c1C(=O)[OH2+]. The van der Waals surface area contributed by atoms with Crippen molar-refractivity contribution in [3.8, 4) is 0 Å². The van der Waals surface area contributed by atoms with Crippen LogP contribution in [-0.2, 0) is 0 Å². The highest BCUT2D eigenvalue weighted by molar-refractivity contribution is 6.02. The molecule has 0 saturated heterocycles. The van der Waals surface area contributed by atoms with Crippen LogP contribution in [0.3, 0.4) is 0 Å². The van der Waals surface area contributed by atoms with E-state index in [0.717, 1.165) is 0 Å². The summed E-state index contributed by atoms with van der Waals surface area (Å²) in [6, 6.07) is 0. The average Bonchev–Trinajstić information content (AvgIpc) is 2.42. The number of hydrogen-bond acceptors (Lipinski definition) is 4. The monoisotopic (exact) mass is 195 g/mol. The molecule has 14 heavy (non-hydrogen) atoms. The molecular weight excluding hydrogens is 188 g/mol. The van der Waals surface area contributed by atoms with Gasteiger partial charge in [-0.05, 0) is 6.92 Å². The van der Waals surface area contributed by atoms with E-state index >= 15 is 0 Å². The molecule has 72 valence electrons. The molecule has 0 fully saturated rings. The molecule has 0 bridgehead atoms. The molecule has 0 amide bonds. The lowest BCUT2D eigenvalue weighted by atomic mass is 10.2. The normalized spacial score (nSPS) is 10.6. The maximum Gasteiger partial charge on any atom is 0.553 e.